The number of carbonyl (C=O) groups excluding carboxylic acids is 2. The molecular weight excluding hydrogens is 557 g/mol. The average molecular weight is 588 g/mol. The number of hydrogen-bond donors (Lipinski definition) is 3. The minimum atomic E-state index is -4.24. The molecule has 2 aromatic carbocycles. The van der Waals surface area contributed by atoms with Gasteiger partial charge in [0.2, 0.25) is 5.91 Å². The van der Waals surface area contributed by atoms with Crippen molar-refractivity contribution < 1.29 is 31.5 Å². The molecule has 4 rings (SSSR count). The number of rotatable bonds is 8. The third-order valence-corrected chi connectivity index (χ3v) is 7.47. The molecule has 3 N–H and O–H groups in total. The van der Waals surface area contributed by atoms with Gasteiger partial charge in [-0.25, -0.2) is 8.78 Å². The highest BCUT2D eigenvalue weighted by Crippen LogP contribution is 2.33. The number of nitrogens with zero attached hydrogens (tertiary/aromatic N) is 2. The number of piperazine rings is 1. The van der Waals surface area contributed by atoms with Gasteiger partial charge >= 0.3 is 6.18 Å². The molecule has 2 saturated heterocycles. The fourth-order valence-corrected chi connectivity index (χ4v) is 5.19. The zero-order chi connectivity index (χ0) is 29.0. The maximum atomic E-state index is 14.9. The molecule has 7 nitrogen and oxygen atoms in total. The van der Waals surface area contributed by atoms with Crippen LogP contribution >= 0.6 is 11.6 Å². The van der Waals surface area contributed by atoms with E-state index in [1.54, 1.807) is 11.0 Å². The quantitative estimate of drug-likeness (QED) is 0.395. The Kier molecular flexibility index (Phi) is 9.52. The fraction of sp³-hybridized carbons (Fsp3) is 0.481. The SMILES string of the molecule is C[C@@H]1CN(CCC(F)(F)F)CCN1c1cc(Cl)ccc1NC(=O)c1ccc(CNC(=O)[C@@H]2CCNC2)c(F)c1F. The zero-order valence-corrected chi connectivity index (χ0v) is 22.6. The summed E-state index contributed by atoms with van der Waals surface area (Å²) in [6.45, 7) is 3.89. The average Bonchev–Trinajstić information content (AvgIpc) is 3.44. The first-order valence-electron chi connectivity index (χ1n) is 13.0. The van der Waals surface area contributed by atoms with Crippen molar-refractivity contribution >= 4 is 34.8 Å². The van der Waals surface area contributed by atoms with Crippen LogP contribution in [0, 0.1) is 17.6 Å². The highest BCUT2D eigenvalue weighted by Gasteiger charge is 2.31. The van der Waals surface area contributed by atoms with Crippen molar-refractivity contribution in [2.45, 2.75) is 38.5 Å². The Morgan fingerprint density at radius 1 is 1.12 bits per heavy atom. The van der Waals surface area contributed by atoms with E-state index in [9.17, 15) is 31.5 Å². The first kappa shape index (κ1) is 30.0. The lowest BCUT2D eigenvalue weighted by molar-refractivity contribution is -0.138. The number of anilines is 2. The van der Waals surface area contributed by atoms with E-state index in [2.05, 4.69) is 16.0 Å². The van der Waals surface area contributed by atoms with Gasteiger partial charge in [0.25, 0.3) is 5.91 Å². The second kappa shape index (κ2) is 12.7. The lowest BCUT2D eigenvalue weighted by Gasteiger charge is -2.42. The van der Waals surface area contributed by atoms with Crippen molar-refractivity contribution in [3.05, 3.63) is 58.1 Å². The van der Waals surface area contributed by atoms with Crippen molar-refractivity contribution in [1.29, 1.82) is 0 Å². The first-order valence-corrected chi connectivity index (χ1v) is 13.4. The van der Waals surface area contributed by atoms with E-state index in [0.717, 1.165) is 12.6 Å². The molecule has 218 valence electrons. The predicted molar refractivity (Wildman–Crippen MR) is 143 cm³/mol. The van der Waals surface area contributed by atoms with E-state index in [-0.39, 0.29) is 36.5 Å². The molecule has 0 radical (unpaired) electrons. The normalized spacial score (nSPS) is 20.0. The van der Waals surface area contributed by atoms with E-state index in [4.69, 9.17) is 11.6 Å². The summed E-state index contributed by atoms with van der Waals surface area (Å²) in [5, 5.41) is 8.66. The molecule has 0 aliphatic carbocycles. The van der Waals surface area contributed by atoms with Crippen LogP contribution in [0.5, 0.6) is 0 Å². The summed E-state index contributed by atoms with van der Waals surface area (Å²) >= 11 is 6.20. The van der Waals surface area contributed by atoms with E-state index in [1.807, 2.05) is 11.8 Å². The van der Waals surface area contributed by atoms with Crippen molar-refractivity contribution in [2.24, 2.45) is 5.92 Å². The number of alkyl halides is 3. The zero-order valence-electron chi connectivity index (χ0n) is 21.9. The van der Waals surface area contributed by atoms with Crippen LogP contribution in [-0.2, 0) is 11.3 Å². The maximum Gasteiger partial charge on any atom is 0.390 e. The van der Waals surface area contributed by atoms with Gasteiger partial charge in [-0.15, -0.1) is 0 Å². The third kappa shape index (κ3) is 7.41. The van der Waals surface area contributed by atoms with Crippen molar-refractivity contribution in [3.8, 4) is 0 Å². The Balaban J connectivity index is 1.44. The van der Waals surface area contributed by atoms with Crippen LogP contribution in [0.1, 0.15) is 35.7 Å². The van der Waals surface area contributed by atoms with Gasteiger partial charge in [0.15, 0.2) is 11.6 Å². The van der Waals surface area contributed by atoms with Crippen molar-refractivity contribution in [3.63, 3.8) is 0 Å². The summed E-state index contributed by atoms with van der Waals surface area (Å²) < 4.78 is 67.7. The molecule has 13 heteroatoms. The maximum absolute atomic E-state index is 14.9. The fourth-order valence-electron chi connectivity index (χ4n) is 5.02. The largest absolute Gasteiger partial charge is 0.390 e. The highest BCUT2D eigenvalue weighted by molar-refractivity contribution is 6.31. The standard InChI is InChI=1S/C27H31ClF5N5O2/c1-16-15-37(9-7-27(31,32)33)10-11-38(16)22-12-19(28)3-5-21(22)36-26(40)20-4-2-17(23(29)24(20)30)14-35-25(39)18-6-8-34-13-18/h2-5,12,16,18,34H,6-11,13-15H2,1H3,(H,35,39)(H,36,40)/t16-,18-/m1/s1. The Morgan fingerprint density at radius 2 is 1.90 bits per heavy atom. The topological polar surface area (TPSA) is 76.7 Å². The molecule has 2 aromatic rings. The summed E-state index contributed by atoms with van der Waals surface area (Å²) in [5.74, 6) is -3.93. The molecule has 2 aliphatic rings. The Hall–Kier alpha value is -2.96. The molecule has 0 spiro atoms. The number of carbonyl (C=O) groups is 2. The second-order valence-corrected chi connectivity index (χ2v) is 10.6. The summed E-state index contributed by atoms with van der Waals surface area (Å²) in [4.78, 5) is 28.8. The highest BCUT2D eigenvalue weighted by atomic mass is 35.5. The molecule has 0 aromatic heterocycles. The summed E-state index contributed by atoms with van der Waals surface area (Å²) in [5.41, 5.74) is 0.216. The van der Waals surface area contributed by atoms with Crippen LogP contribution < -0.4 is 20.9 Å². The molecule has 2 atom stereocenters. The van der Waals surface area contributed by atoms with E-state index < -0.39 is 35.7 Å². The summed E-state index contributed by atoms with van der Waals surface area (Å²) in [6, 6.07) is 6.89. The minimum Gasteiger partial charge on any atom is -0.365 e. The smallest absolute Gasteiger partial charge is 0.365 e. The number of nitrogens with one attached hydrogen (secondary N) is 3. The second-order valence-electron chi connectivity index (χ2n) is 10.1. The molecule has 40 heavy (non-hydrogen) atoms. The Bertz CT molecular complexity index is 1240. The minimum absolute atomic E-state index is 0.0854. The lowest BCUT2D eigenvalue weighted by Crippen LogP contribution is -2.52. The predicted octanol–water partition coefficient (Wildman–Crippen LogP) is 4.56. The van der Waals surface area contributed by atoms with E-state index in [0.29, 0.717) is 49.0 Å². The van der Waals surface area contributed by atoms with Gasteiger partial charge in [0.1, 0.15) is 0 Å². The first-order chi connectivity index (χ1) is 18.9. The molecule has 2 fully saturated rings. The van der Waals surface area contributed by atoms with Crippen LogP contribution in [0.4, 0.5) is 33.3 Å². The molecule has 0 bridgehead atoms. The molecule has 0 saturated carbocycles. The van der Waals surface area contributed by atoms with Crippen LogP contribution in [0.2, 0.25) is 5.02 Å². The van der Waals surface area contributed by atoms with Crippen LogP contribution in [0.15, 0.2) is 30.3 Å². The van der Waals surface area contributed by atoms with Gasteiger partial charge in [0.05, 0.1) is 29.3 Å². The molecule has 2 aliphatic heterocycles. The van der Waals surface area contributed by atoms with Gasteiger partial charge < -0.3 is 20.9 Å². The Labute approximate surface area is 234 Å². The van der Waals surface area contributed by atoms with Crippen LogP contribution in [0.3, 0.4) is 0 Å². The van der Waals surface area contributed by atoms with Crippen LogP contribution in [-0.4, -0.2) is 68.2 Å². The molecule has 2 amide bonds. The number of benzene rings is 2. The lowest BCUT2D eigenvalue weighted by atomic mass is 10.1. The summed E-state index contributed by atoms with van der Waals surface area (Å²) in [7, 11) is 0. The molecule has 0 unspecified atom stereocenters. The van der Waals surface area contributed by atoms with Gasteiger partial charge in [-0.1, -0.05) is 17.7 Å². The number of hydrogen-bond acceptors (Lipinski definition) is 5. The monoisotopic (exact) mass is 587 g/mol. The summed E-state index contributed by atoms with van der Waals surface area (Å²) in [6.07, 6.45) is -4.47. The van der Waals surface area contributed by atoms with Crippen LogP contribution in [0.25, 0.3) is 0 Å². The molecular formula is C27H31ClF5N5O2. The Morgan fingerprint density at radius 3 is 2.58 bits per heavy atom. The van der Waals surface area contributed by atoms with Crippen molar-refractivity contribution in [2.75, 3.05) is 49.5 Å². The van der Waals surface area contributed by atoms with E-state index in [1.165, 1.54) is 18.2 Å². The van der Waals surface area contributed by atoms with Gasteiger partial charge in [-0.05, 0) is 44.2 Å². The van der Waals surface area contributed by atoms with Gasteiger partial charge in [-0.3, -0.25) is 14.5 Å². The van der Waals surface area contributed by atoms with Crippen molar-refractivity contribution in [1.82, 2.24) is 15.5 Å². The number of halogens is 6. The van der Waals surface area contributed by atoms with Gasteiger partial charge in [-0.2, -0.15) is 13.2 Å². The third-order valence-electron chi connectivity index (χ3n) is 7.23. The molecule has 2 heterocycles. The number of amides is 2. The van der Waals surface area contributed by atoms with Gasteiger partial charge in [0, 0.05) is 55.9 Å². The van der Waals surface area contributed by atoms with E-state index >= 15 is 0 Å².